The molecule has 2 aromatic rings. The first-order chi connectivity index (χ1) is 15.4. The Hall–Kier alpha value is -2.86. The molecule has 1 saturated heterocycles. The standard InChI is InChI=1S/C21H23F3N4O4S/c1-12-6-7-14-9-25-20(29)28-11-21(23,24)19(27-33(2,30)31)16(28)8-13-4-3-5-17(18(13)22)32-10-15(12)26-14/h3-7,16,19,27H,8-11H2,1-2H3,(H,25,29)/t16-,19+/m0/s1. The summed E-state index contributed by atoms with van der Waals surface area (Å²) < 4.78 is 76.1. The number of alkyl halides is 2. The lowest BCUT2D eigenvalue weighted by molar-refractivity contribution is -0.00453. The molecule has 1 aromatic heterocycles. The largest absolute Gasteiger partial charge is 0.484 e. The molecule has 178 valence electrons. The molecular formula is C21H23F3N4O4S. The van der Waals surface area contributed by atoms with Crippen LogP contribution in [0, 0.1) is 12.7 Å². The van der Waals surface area contributed by atoms with Gasteiger partial charge in [0.1, 0.15) is 12.6 Å². The number of ether oxygens (including phenoxy) is 1. The number of rotatable bonds is 2. The van der Waals surface area contributed by atoms with E-state index in [1.807, 2.05) is 11.6 Å². The average Bonchev–Trinajstić information content (AvgIpc) is 2.97. The van der Waals surface area contributed by atoms with Crippen LogP contribution in [0.3, 0.4) is 0 Å². The monoisotopic (exact) mass is 484 g/mol. The molecule has 2 aliphatic heterocycles. The number of carbonyl (C=O) groups is 1. The van der Waals surface area contributed by atoms with Gasteiger partial charge in [-0.25, -0.2) is 31.1 Å². The van der Waals surface area contributed by atoms with Gasteiger partial charge in [0.25, 0.3) is 5.92 Å². The number of nitrogens with one attached hydrogen (secondary N) is 2. The highest BCUT2D eigenvalue weighted by Crippen LogP contribution is 2.36. The van der Waals surface area contributed by atoms with Crippen molar-refractivity contribution in [2.45, 2.75) is 44.5 Å². The number of nitrogens with zero attached hydrogens (tertiary/aromatic N) is 2. The van der Waals surface area contributed by atoms with Gasteiger partial charge >= 0.3 is 6.03 Å². The van der Waals surface area contributed by atoms with Crippen molar-refractivity contribution in [3.8, 4) is 5.75 Å². The van der Waals surface area contributed by atoms with E-state index in [2.05, 4.69) is 10.3 Å². The fraction of sp³-hybridized carbons (Fsp3) is 0.429. The van der Waals surface area contributed by atoms with Crippen molar-refractivity contribution in [2.75, 3.05) is 12.8 Å². The van der Waals surface area contributed by atoms with Crippen LogP contribution < -0.4 is 14.8 Å². The molecule has 2 aliphatic rings. The van der Waals surface area contributed by atoms with Gasteiger partial charge < -0.3 is 15.0 Å². The van der Waals surface area contributed by atoms with Crippen molar-refractivity contribution in [1.82, 2.24) is 19.9 Å². The lowest BCUT2D eigenvalue weighted by Crippen LogP contribution is -2.53. The second-order valence-electron chi connectivity index (χ2n) is 8.27. The maximum absolute atomic E-state index is 15.2. The van der Waals surface area contributed by atoms with Gasteiger partial charge in [0, 0.05) is 0 Å². The van der Waals surface area contributed by atoms with Crippen LogP contribution in [0.4, 0.5) is 18.0 Å². The highest BCUT2D eigenvalue weighted by Gasteiger charge is 2.57. The molecule has 3 heterocycles. The van der Waals surface area contributed by atoms with E-state index in [9.17, 15) is 22.0 Å². The summed E-state index contributed by atoms with van der Waals surface area (Å²) in [7, 11) is -4.04. The molecule has 2 amide bonds. The molecule has 8 nitrogen and oxygen atoms in total. The highest BCUT2D eigenvalue weighted by atomic mass is 32.2. The third kappa shape index (κ3) is 4.91. The zero-order valence-corrected chi connectivity index (χ0v) is 18.8. The van der Waals surface area contributed by atoms with Crippen LogP contribution in [0.2, 0.25) is 0 Å². The predicted molar refractivity (Wildman–Crippen MR) is 113 cm³/mol. The molecule has 0 unspecified atom stereocenters. The molecule has 4 rings (SSSR count). The van der Waals surface area contributed by atoms with Crippen LogP contribution in [0.15, 0.2) is 30.3 Å². The zero-order chi connectivity index (χ0) is 24.0. The van der Waals surface area contributed by atoms with Crippen LogP contribution >= 0.6 is 0 Å². The summed E-state index contributed by atoms with van der Waals surface area (Å²) in [6.45, 7) is 0.724. The quantitative estimate of drug-likeness (QED) is 0.680. The molecule has 0 aliphatic carbocycles. The van der Waals surface area contributed by atoms with Crippen LogP contribution in [-0.4, -0.2) is 55.1 Å². The summed E-state index contributed by atoms with van der Waals surface area (Å²) in [6, 6.07) is 3.65. The molecule has 4 bridgehead atoms. The van der Waals surface area contributed by atoms with Crippen LogP contribution in [0.5, 0.6) is 5.75 Å². The zero-order valence-electron chi connectivity index (χ0n) is 17.9. The Morgan fingerprint density at radius 2 is 2.03 bits per heavy atom. The fourth-order valence-corrected chi connectivity index (χ4v) is 4.87. The number of fused-ring (bicyclic) bond motifs is 5. The van der Waals surface area contributed by atoms with E-state index in [0.29, 0.717) is 11.4 Å². The summed E-state index contributed by atoms with van der Waals surface area (Å²) >= 11 is 0. The third-order valence-electron chi connectivity index (χ3n) is 5.74. The van der Waals surface area contributed by atoms with Gasteiger partial charge in [0.15, 0.2) is 11.6 Å². The molecule has 1 fully saturated rings. The Labute approximate surface area is 189 Å². The summed E-state index contributed by atoms with van der Waals surface area (Å²) in [4.78, 5) is 18.2. The number of urea groups is 1. The normalized spacial score (nSPS) is 22.7. The number of amides is 2. The molecule has 0 saturated carbocycles. The Morgan fingerprint density at radius 3 is 2.76 bits per heavy atom. The van der Waals surface area contributed by atoms with E-state index in [-0.39, 0.29) is 30.9 Å². The molecule has 33 heavy (non-hydrogen) atoms. The van der Waals surface area contributed by atoms with Crippen molar-refractivity contribution in [3.63, 3.8) is 0 Å². The Balaban J connectivity index is 1.78. The minimum absolute atomic E-state index is 0.0174. The van der Waals surface area contributed by atoms with Gasteiger partial charge in [0.2, 0.25) is 10.0 Å². The van der Waals surface area contributed by atoms with E-state index in [1.54, 1.807) is 12.1 Å². The summed E-state index contributed by atoms with van der Waals surface area (Å²) in [5.41, 5.74) is 1.84. The van der Waals surface area contributed by atoms with E-state index < -0.39 is 46.4 Å². The number of hydrogen-bond acceptors (Lipinski definition) is 5. The van der Waals surface area contributed by atoms with Gasteiger partial charge in [-0.1, -0.05) is 18.2 Å². The highest BCUT2D eigenvalue weighted by molar-refractivity contribution is 7.88. The Bertz CT molecular complexity index is 1190. The summed E-state index contributed by atoms with van der Waals surface area (Å²) in [5.74, 6) is -4.43. The van der Waals surface area contributed by atoms with Gasteiger partial charge in [-0.15, -0.1) is 0 Å². The van der Waals surface area contributed by atoms with E-state index in [0.717, 1.165) is 16.7 Å². The van der Waals surface area contributed by atoms with Crippen LogP contribution in [0.25, 0.3) is 0 Å². The second-order valence-corrected chi connectivity index (χ2v) is 10.1. The first-order valence-corrected chi connectivity index (χ1v) is 12.1. The van der Waals surface area contributed by atoms with Gasteiger partial charge in [-0.2, -0.15) is 0 Å². The van der Waals surface area contributed by atoms with E-state index in [4.69, 9.17) is 4.74 Å². The smallest absolute Gasteiger partial charge is 0.318 e. The predicted octanol–water partition coefficient (Wildman–Crippen LogP) is 2.11. The molecule has 0 spiro atoms. The number of aryl methyl sites for hydroxylation is 1. The molecule has 1 aromatic carbocycles. The van der Waals surface area contributed by atoms with E-state index in [1.165, 1.54) is 18.2 Å². The molecule has 2 N–H and O–H groups in total. The van der Waals surface area contributed by atoms with Crippen molar-refractivity contribution in [3.05, 3.63) is 58.7 Å². The average molecular weight is 485 g/mol. The SMILES string of the molecule is Cc1ccc2nc1COc1cccc(c1F)C[C@H]1[C@@H](NS(C)(=O)=O)C(F)(F)CN1C(=O)NC2. The number of aromatic nitrogens is 1. The van der Waals surface area contributed by atoms with Gasteiger partial charge in [-0.05, 0) is 36.6 Å². The van der Waals surface area contributed by atoms with Gasteiger partial charge in [0.05, 0.1) is 36.8 Å². The van der Waals surface area contributed by atoms with Crippen molar-refractivity contribution in [1.29, 1.82) is 0 Å². The summed E-state index contributed by atoms with van der Waals surface area (Å²) in [6.07, 6.45) is 0.409. The lowest BCUT2D eigenvalue weighted by atomic mass is 9.98. The first kappa shape index (κ1) is 23.3. The lowest BCUT2D eigenvalue weighted by Gasteiger charge is -2.28. The number of sulfonamides is 1. The first-order valence-electron chi connectivity index (χ1n) is 10.2. The van der Waals surface area contributed by atoms with Crippen LogP contribution in [-0.2, 0) is 29.6 Å². The molecular weight excluding hydrogens is 461 g/mol. The second kappa shape index (κ2) is 8.49. The Morgan fingerprint density at radius 1 is 1.27 bits per heavy atom. The number of halogens is 3. The third-order valence-corrected chi connectivity index (χ3v) is 6.42. The number of pyridine rings is 1. The molecule has 0 radical (unpaired) electrons. The number of carbonyl (C=O) groups excluding carboxylic acids is 1. The van der Waals surface area contributed by atoms with Crippen molar-refractivity contribution < 1.29 is 31.1 Å². The molecule has 2 atom stereocenters. The molecule has 12 heteroatoms. The van der Waals surface area contributed by atoms with E-state index >= 15 is 4.39 Å². The fourth-order valence-electron chi connectivity index (χ4n) is 4.08. The minimum atomic E-state index is -4.04. The number of benzene rings is 1. The topological polar surface area (TPSA) is 101 Å². The van der Waals surface area contributed by atoms with Crippen molar-refractivity contribution in [2.24, 2.45) is 0 Å². The van der Waals surface area contributed by atoms with Crippen LogP contribution in [0.1, 0.15) is 22.5 Å². The van der Waals surface area contributed by atoms with Crippen molar-refractivity contribution >= 4 is 16.1 Å². The summed E-state index contributed by atoms with van der Waals surface area (Å²) in [5, 5.41) is 2.56. The Kier molecular flexibility index (Phi) is 5.99. The minimum Gasteiger partial charge on any atom is -0.484 e. The van der Waals surface area contributed by atoms with Gasteiger partial charge in [-0.3, -0.25) is 4.98 Å². The maximum atomic E-state index is 15.2. The number of hydrogen-bond donors (Lipinski definition) is 2. The maximum Gasteiger partial charge on any atom is 0.318 e.